The molecule has 1 rings (SSSR count). The first-order valence-corrected chi connectivity index (χ1v) is 5.12. The molecule has 1 aliphatic rings. The third-order valence-electron chi connectivity index (χ3n) is 2.51. The first kappa shape index (κ1) is 9.09. The van der Waals surface area contributed by atoms with E-state index < -0.39 is 0 Å². The zero-order valence-electron chi connectivity index (χ0n) is 8.03. The highest BCUT2D eigenvalue weighted by Gasteiger charge is 2.13. The van der Waals surface area contributed by atoms with E-state index in [0.29, 0.717) is 0 Å². The largest absolute Gasteiger partial charge is 0.0628 e. The van der Waals surface area contributed by atoms with Crippen LogP contribution in [-0.2, 0) is 0 Å². The van der Waals surface area contributed by atoms with Gasteiger partial charge in [-0.1, -0.05) is 39.5 Å². The Bertz CT molecular complexity index is 86.2. The Kier molecular flexibility index (Phi) is 3.96. The van der Waals surface area contributed by atoms with Gasteiger partial charge in [0.15, 0.2) is 0 Å². The summed E-state index contributed by atoms with van der Waals surface area (Å²) in [5.74, 6) is 2.72. The van der Waals surface area contributed by atoms with Crippen molar-refractivity contribution in [1.29, 1.82) is 0 Å². The third-order valence-corrected chi connectivity index (χ3v) is 2.51. The third kappa shape index (κ3) is 3.79. The molecule has 0 heterocycles. The molecule has 1 fully saturated rings. The lowest BCUT2D eigenvalue weighted by atomic mass is 9.91. The lowest BCUT2D eigenvalue weighted by Crippen LogP contribution is -2.00. The number of rotatable bonds is 2. The Hall–Kier alpha value is 0. The highest BCUT2D eigenvalue weighted by atomic mass is 14.2. The molecule has 0 unspecified atom stereocenters. The second-order valence-electron chi connectivity index (χ2n) is 4.26. The van der Waals surface area contributed by atoms with Gasteiger partial charge in [0.05, 0.1) is 0 Å². The van der Waals surface area contributed by atoms with Gasteiger partial charge in [0.25, 0.3) is 0 Å². The SMILES string of the molecule is CC(C)C[C]1CCCCCC1. The maximum absolute atomic E-state index is 2.33. The van der Waals surface area contributed by atoms with Crippen molar-refractivity contribution >= 4 is 0 Å². The molecule has 0 aromatic carbocycles. The van der Waals surface area contributed by atoms with Gasteiger partial charge in [-0.05, 0) is 31.1 Å². The Morgan fingerprint density at radius 3 is 2.00 bits per heavy atom. The molecule has 0 aromatic rings. The Balaban J connectivity index is 2.20. The van der Waals surface area contributed by atoms with Gasteiger partial charge < -0.3 is 0 Å². The van der Waals surface area contributed by atoms with Crippen LogP contribution in [0.3, 0.4) is 0 Å². The van der Waals surface area contributed by atoms with Crippen molar-refractivity contribution < 1.29 is 0 Å². The van der Waals surface area contributed by atoms with Crippen LogP contribution in [-0.4, -0.2) is 0 Å². The molecule has 0 spiro atoms. The van der Waals surface area contributed by atoms with Gasteiger partial charge in [-0.3, -0.25) is 0 Å². The average molecular weight is 153 g/mol. The second-order valence-corrected chi connectivity index (χ2v) is 4.26. The lowest BCUT2D eigenvalue weighted by molar-refractivity contribution is 0.541. The summed E-state index contributed by atoms with van der Waals surface area (Å²) in [6.07, 6.45) is 10.1. The van der Waals surface area contributed by atoms with Gasteiger partial charge in [-0.2, -0.15) is 0 Å². The molecule has 0 aliphatic heterocycles. The fourth-order valence-corrected chi connectivity index (χ4v) is 2.01. The summed E-state index contributed by atoms with van der Waals surface area (Å²) in [6.45, 7) is 4.66. The van der Waals surface area contributed by atoms with E-state index in [1.165, 1.54) is 44.9 Å². The van der Waals surface area contributed by atoms with E-state index in [1.807, 2.05) is 5.92 Å². The molecule has 65 valence electrons. The van der Waals surface area contributed by atoms with Crippen LogP contribution in [0.15, 0.2) is 0 Å². The standard InChI is InChI=1S/C11H21/c1-10(2)9-11-7-5-3-4-6-8-11/h10H,3-9H2,1-2H3. The number of hydrogen-bond acceptors (Lipinski definition) is 0. The van der Waals surface area contributed by atoms with Crippen LogP contribution in [0.5, 0.6) is 0 Å². The van der Waals surface area contributed by atoms with Crippen molar-refractivity contribution in [2.24, 2.45) is 5.92 Å². The summed E-state index contributed by atoms with van der Waals surface area (Å²) in [6, 6.07) is 0. The summed E-state index contributed by atoms with van der Waals surface area (Å²) in [5.41, 5.74) is 0. The molecule has 0 aromatic heterocycles. The minimum Gasteiger partial charge on any atom is -0.0628 e. The maximum atomic E-state index is 2.33. The topological polar surface area (TPSA) is 0 Å². The highest BCUT2D eigenvalue weighted by Crippen LogP contribution is 2.29. The molecule has 0 heteroatoms. The van der Waals surface area contributed by atoms with Crippen molar-refractivity contribution in [2.45, 2.75) is 58.8 Å². The maximum Gasteiger partial charge on any atom is -0.0238 e. The van der Waals surface area contributed by atoms with Crippen LogP contribution in [0.25, 0.3) is 0 Å². The Labute approximate surface area is 71.4 Å². The normalized spacial score (nSPS) is 22.1. The van der Waals surface area contributed by atoms with E-state index in [4.69, 9.17) is 0 Å². The first-order valence-electron chi connectivity index (χ1n) is 5.12. The summed E-state index contributed by atoms with van der Waals surface area (Å²) < 4.78 is 0. The second kappa shape index (κ2) is 4.79. The van der Waals surface area contributed by atoms with Crippen molar-refractivity contribution in [2.75, 3.05) is 0 Å². The highest BCUT2D eigenvalue weighted by molar-refractivity contribution is 4.91. The predicted octanol–water partition coefficient (Wildman–Crippen LogP) is 3.96. The van der Waals surface area contributed by atoms with Gasteiger partial charge in [0.1, 0.15) is 0 Å². The Morgan fingerprint density at radius 2 is 1.55 bits per heavy atom. The minimum atomic E-state index is 0.878. The average Bonchev–Trinajstić information content (AvgIpc) is 2.14. The quantitative estimate of drug-likeness (QED) is 0.527. The van der Waals surface area contributed by atoms with E-state index in [9.17, 15) is 0 Å². The zero-order valence-corrected chi connectivity index (χ0v) is 8.03. The molecule has 0 bridgehead atoms. The smallest absolute Gasteiger partial charge is 0.0238 e. The van der Waals surface area contributed by atoms with E-state index in [-0.39, 0.29) is 0 Å². The minimum absolute atomic E-state index is 0.878. The van der Waals surface area contributed by atoms with Crippen LogP contribution < -0.4 is 0 Å². The first-order chi connectivity index (χ1) is 5.29. The van der Waals surface area contributed by atoms with E-state index in [1.54, 1.807) is 0 Å². The monoisotopic (exact) mass is 153 g/mol. The fourth-order valence-electron chi connectivity index (χ4n) is 2.01. The summed E-state index contributed by atoms with van der Waals surface area (Å²) in [4.78, 5) is 0. The molecule has 0 saturated heterocycles. The van der Waals surface area contributed by atoms with Gasteiger partial charge >= 0.3 is 0 Å². The summed E-state index contributed by atoms with van der Waals surface area (Å²) >= 11 is 0. The van der Waals surface area contributed by atoms with E-state index in [2.05, 4.69) is 13.8 Å². The van der Waals surface area contributed by atoms with Gasteiger partial charge in [0.2, 0.25) is 0 Å². The van der Waals surface area contributed by atoms with Gasteiger partial charge in [-0.25, -0.2) is 0 Å². The summed E-state index contributed by atoms with van der Waals surface area (Å²) in [5, 5.41) is 0. The molecule has 1 aliphatic carbocycles. The Morgan fingerprint density at radius 1 is 1.00 bits per heavy atom. The molecular weight excluding hydrogens is 132 g/mol. The van der Waals surface area contributed by atoms with Crippen LogP contribution in [0.2, 0.25) is 0 Å². The van der Waals surface area contributed by atoms with Gasteiger partial charge in [-0.15, -0.1) is 0 Å². The molecule has 1 radical (unpaired) electrons. The number of hydrogen-bond donors (Lipinski definition) is 0. The van der Waals surface area contributed by atoms with Gasteiger partial charge in [0, 0.05) is 0 Å². The zero-order chi connectivity index (χ0) is 8.10. The molecule has 0 N–H and O–H groups in total. The van der Waals surface area contributed by atoms with Crippen LogP contribution in [0, 0.1) is 11.8 Å². The van der Waals surface area contributed by atoms with Crippen molar-refractivity contribution in [3.05, 3.63) is 5.92 Å². The van der Waals surface area contributed by atoms with Crippen LogP contribution in [0.1, 0.15) is 58.8 Å². The molecule has 11 heavy (non-hydrogen) atoms. The summed E-state index contributed by atoms with van der Waals surface area (Å²) in [7, 11) is 0. The van der Waals surface area contributed by atoms with E-state index >= 15 is 0 Å². The van der Waals surface area contributed by atoms with Crippen molar-refractivity contribution in [3.63, 3.8) is 0 Å². The van der Waals surface area contributed by atoms with E-state index in [0.717, 1.165) is 5.92 Å². The van der Waals surface area contributed by atoms with Crippen LogP contribution >= 0.6 is 0 Å². The fraction of sp³-hybridized carbons (Fsp3) is 0.909. The molecular formula is C11H21. The predicted molar refractivity (Wildman–Crippen MR) is 50.4 cm³/mol. The molecule has 0 amide bonds. The molecule has 0 atom stereocenters. The van der Waals surface area contributed by atoms with Crippen molar-refractivity contribution in [3.8, 4) is 0 Å². The van der Waals surface area contributed by atoms with Crippen LogP contribution in [0.4, 0.5) is 0 Å². The lowest BCUT2D eigenvalue weighted by Gasteiger charge is -2.14. The molecule has 0 nitrogen and oxygen atoms in total. The van der Waals surface area contributed by atoms with Crippen molar-refractivity contribution in [1.82, 2.24) is 0 Å². The molecule has 1 saturated carbocycles.